The second-order valence-corrected chi connectivity index (χ2v) is 8.62. The molecule has 180 valence electrons. The number of aromatic nitrogens is 4. The number of benzene rings is 3. The Morgan fingerprint density at radius 1 is 0.757 bits per heavy atom. The highest BCUT2D eigenvalue weighted by atomic mass is 16.5. The van der Waals surface area contributed by atoms with Gasteiger partial charge in [0.15, 0.2) is 11.6 Å². The lowest BCUT2D eigenvalue weighted by Gasteiger charge is -2.12. The van der Waals surface area contributed by atoms with E-state index < -0.39 is 0 Å². The maximum atomic E-state index is 6.12. The van der Waals surface area contributed by atoms with Crippen molar-refractivity contribution in [2.45, 2.75) is 6.92 Å². The van der Waals surface area contributed by atoms with Gasteiger partial charge in [-0.15, -0.1) is 10.2 Å². The van der Waals surface area contributed by atoms with Crippen molar-refractivity contribution >= 4 is 33.3 Å². The van der Waals surface area contributed by atoms with Gasteiger partial charge in [0.05, 0.1) is 18.8 Å². The average Bonchev–Trinajstić information content (AvgIpc) is 2.94. The van der Waals surface area contributed by atoms with Crippen molar-refractivity contribution < 1.29 is 9.47 Å². The fourth-order valence-corrected chi connectivity index (χ4v) is 4.25. The van der Waals surface area contributed by atoms with E-state index in [1.165, 1.54) is 5.56 Å². The van der Waals surface area contributed by atoms with Crippen molar-refractivity contribution in [3.63, 3.8) is 0 Å². The highest BCUT2D eigenvalue weighted by Gasteiger charge is 2.12. The Kier molecular flexibility index (Phi) is 5.78. The third kappa shape index (κ3) is 4.50. The molecule has 0 atom stereocenters. The normalized spacial score (nSPS) is 11.0. The Morgan fingerprint density at radius 2 is 1.59 bits per heavy atom. The van der Waals surface area contributed by atoms with E-state index in [0.29, 0.717) is 34.1 Å². The molecule has 1 N–H and O–H groups in total. The Hall–Kier alpha value is -5.04. The summed E-state index contributed by atoms with van der Waals surface area (Å²) in [6, 6.07) is 27.8. The first-order chi connectivity index (χ1) is 18.2. The van der Waals surface area contributed by atoms with Gasteiger partial charge in [0, 0.05) is 40.4 Å². The van der Waals surface area contributed by atoms with Crippen molar-refractivity contribution in [3.8, 4) is 28.5 Å². The molecule has 0 aliphatic heterocycles. The maximum absolute atomic E-state index is 6.12. The van der Waals surface area contributed by atoms with Gasteiger partial charge in [-0.1, -0.05) is 48.0 Å². The van der Waals surface area contributed by atoms with Crippen LogP contribution in [0.1, 0.15) is 5.56 Å². The number of ether oxygens (including phenoxy) is 2. The number of pyridine rings is 2. The molecule has 37 heavy (non-hydrogen) atoms. The second-order valence-electron chi connectivity index (χ2n) is 8.62. The highest BCUT2D eigenvalue weighted by Crippen LogP contribution is 2.33. The number of nitrogens with zero attached hydrogens (tertiary/aromatic N) is 4. The van der Waals surface area contributed by atoms with Crippen LogP contribution in [0.2, 0.25) is 0 Å². The van der Waals surface area contributed by atoms with Crippen LogP contribution >= 0.6 is 0 Å². The van der Waals surface area contributed by atoms with Gasteiger partial charge in [-0.25, -0.2) is 4.98 Å². The minimum absolute atomic E-state index is 0.622. The van der Waals surface area contributed by atoms with Crippen LogP contribution in [0, 0.1) is 6.92 Å². The number of nitrogens with one attached hydrogen (secondary N) is 1. The fraction of sp³-hybridized carbons (Fsp3) is 0.0667. The Balaban J connectivity index is 1.27. The van der Waals surface area contributed by atoms with Gasteiger partial charge < -0.3 is 14.8 Å². The van der Waals surface area contributed by atoms with Gasteiger partial charge >= 0.3 is 0 Å². The van der Waals surface area contributed by atoms with Gasteiger partial charge in [0.1, 0.15) is 22.7 Å². The molecule has 0 fully saturated rings. The molecule has 0 unspecified atom stereocenters. The van der Waals surface area contributed by atoms with E-state index in [4.69, 9.17) is 9.47 Å². The summed E-state index contributed by atoms with van der Waals surface area (Å²) in [4.78, 5) is 8.81. The van der Waals surface area contributed by atoms with Crippen molar-refractivity contribution in [2.24, 2.45) is 0 Å². The van der Waals surface area contributed by atoms with Gasteiger partial charge in [0.25, 0.3) is 0 Å². The number of fused-ring (bicyclic) bond motifs is 2. The molecule has 0 aliphatic carbocycles. The molecule has 3 aromatic carbocycles. The fourth-order valence-electron chi connectivity index (χ4n) is 4.25. The lowest BCUT2D eigenvalue weighted by Crippen LogP contribution is -1.99. The number of rotatable bonds is 6. The largest absolute Gasteiger partial charge is 0.495 e. The predicted octanol–water partition coefficient (Wildman–Crippen LogP) is 7.09. The van der Waals surface area contributed by atoms with Crippen LogP contribution in [0.5, 0.6) is 17.2 Å². The predicted molar refractivity (Wildman–Crippen MR) is 146 cm³/mol. The summed E-state index contributed by atoms with van der Waals surface area (Å²) < 4.78 is 11.4. The van der Waals surface area contributed by atoms with E-state index in [1.807, 2.05) is 48.5 Å². The van der Waals surface area contributed by atoms with Crippen LogP contribution in [-0.4, -0.2) is 27.3 Å². The molecule has 0 saturated carbocycles. The molecule has 0 radical (unpaired) electrons. The van der Waals surface area contributed by atoms with Crippen LogP contribution in [0.25, 0.3) is 33.1 Å². The molecular formula is C30H23N5O2. The molecule has 0 amide bonds. The molecule has 3 heterocycles. The highest BCUT2D eigenvalue weighted by molar-refractivity contribution is 6.00. The summed E-state index contributed by atoms with van der Waals surface area (Å²) in [5.41, 5.74) is 5.34. The van der Waals surface area contributed by atoms with Gasteiger partial charge in [-0.3, -0.25) is 4.98 Å². The molecule has 0 saturated heterocycles. The second kappa shape index (κ2) is 9.54. The molecule has 7 nitrogen and oxygen atoms in total. The van der Waals surface area contributed by atoms with Crippen molar-refractivity contribution in [2.75, 3.05) is 12.4 Å². The van der Waals surface area contributed by atoms with Crippen molar-refractivity contribution in [1.82, 2.24) is 20.2 Å². The number of aryl methyl sites for hydroxylation is 1. The third-order valence-electron chi connectivity index (χ3n) is 6.07. The van der Waals surface area contributed by atoms with E-state index in [2.05, 4.69) is 62.7 Å². The summed E-state index contributed by atoms with van der Waals surface area (Å²) in [5.74, 6) is 2.65. The molecule has 7 heteroatoms. The molecule has 3 aromatic heterocycles. The standard InChI is InChI=1S/C30H23N5O2/c1-19-6-5-7-20(16-19)28-24-8-3-4-9-25(24)30(35-34-28)33-21-10-12-22(13-11-21)37-27-14-15-31-26-17-23(36-2)18-32-29(26)27/h3-18H,1-2H3,(H,33,35). The third-order valence-corrected chi connectivity index (χ3v) is 6.07. The minimum Gasteiger partial charge on any atom is -0.495 e. The van der Waals surface area contributed by atoms with Gasteiger partial charge in [-0.2, -0.15) is 0 Å². The first kappa shape index (κ1) is 22.4. The quantitative estimate of drug-likeness (QED) is 0.270. The zero-order chi connectivity index (χ0) is 25.2. The molecule has 6 aromatic rings. The lowest BCUT2D eigenvalue weighted by molar-refractivity contribution is 0.413. The maximum Gasteiger partial charge on any atom is 0.161 e. The smallest absolute Gasteiger partial charge is 0.161 e. The van der Waals surface area contributed by atoms with E-state index in [-0.39, 0.29) is 0 Å². The van der Waals surface area contributed by atoms with Crippen LogP contribution < -0.4 is 14.8 Å². The van der Waals surface area contributed by atoms with Gasteiger partial charge in [-0.05, 0) is 37.3 Å². The van der Waals surface area contributed by atoms with Crippen LogP contribution in [0.4, 0.5) is 11.5 Å². The number of anilines is 2. The molecular weight excluding hydrogens is 462 g/mol. The average molecular weight is 486 g/mol. The monoisotopic (exact) mass is 485 g/mol. The minimum atomic E-state index is 0.622. The number of methoxy groups -OCH3 is 1. The van der Waals surface area contributed by atoms with Crippen LogP contribution in [0.15, 0.2) is 97.3 Å². The van der Waals surface area contributed by atoms with E-state index in [1.54, 1.807) is 25.6 Å². The molecule has 0 aliphatic rings. The van der Waals surface area contributed by atoms with E-state index in [9.17, 15) is 0 Å². The molecule has 0 spiro atoms. The van der Waals surface area contributed by atoms with Crippen molar-refractivity contribution in [3.05, 3.63) is 103 Å². The Morgan fingerprint density at radius 3 is 2.41 bits per heavy atom. The summed E-state index contributed by atoms with van der Waals surface area (Å²) >= 11 is 0. The first-order valence-electron chi connectivity index (χ1n) is 11.8. The molecule has 6 rings (SSSR count). The van der Waals surface area contributed by atoms with Crippen LogP contribution in [-0.2, 0) is 0 Å². The SMILES string of the molecule is COc1cnc2c(Oc3ccc(Nc4nnc(-c5cccc(C)c5)c5ccccc45)cc3)ccnc2c1. The van der Waals surface area contributed by atoms with Crippen LogP contribution in [0.3, 0.4) is 0 Å². The zero-order valence-corrected chi connectivity index (χ0v) is 20.3. The first-order valence-corrected chi connectivity index (χ1v) is 11.8. The Labute approximate surface area is 213 Å². The van der Waals surface area contributed by atoms with E-state index >= 15 is 0 Å². The Bertz CT molecular complexity index is 1730. The summed E-state index contributed by atoms with van der Waals surface area (Å²) in [6.45, 7) is 2.08. The summed E-state index contributed by atoms with van der Waals surface area (Å²) in [6.07, 6.45) is 3.35. The van der Waals surface area contributed by atoms with E-state index in [0.717, 1.165) is 27.7 Å². The lowest BCUT2D eigenvalue weighted by atomic mass is 10.0. The topological polar surface area (TPSA) is 82.0 Å². The van der Waals surface area contributed by atoms with Gasteiger partial charge in [0.2, 0.25) is 0 Å². The molecule has 0 bridgehead atoms. The van der Waals surface area contributed by atoms with Crippen molar-refractivity contribution in [1.29, 1.82) is 0 Å². The number of hydrogen-bond donors (Lipinski definition) is 1. The summed E-state index contributed by atoms with van der Waals surface area (Å²) in [7, 11) is 1.60. The number of hydrogen-bond acceptors (Lipinski definition) is 7. The summed E-state index contributed by atoms with van der Waals surface area (Å²) in [5, 5.41) is 14.5. The zero-order valence-electron chi connectivity index (χ0n) is 20.3.